The normalized spacial score (nSPS) is 21.9. The number of aliphatic carboxylic acids is 1. The van der Waals surface area contributed by atoms with Gasteiger partial charge in [0.15, 0.2) is 0 Å². The molecule has 0 spiro atoms. The van der Waals surface area contributed by atoms with Crippen molar-refractivity contribution in [3.8, 4) is 0 Å². The molecule has 0 unspecified atom stereocenters. The van der Waals surface area contributed by atoms with Gasteiger partial charge in [-0.15, -0.1) is 0 Å². The van der Waals surface area contributed by atoms with Crippen LogP contribution in [-0.2, 0) is 4.79 Å². The Balaban J connectivity index is 2.72. The molecule has 1 saturated carbocycles. The van der Waals surface area contributed by atoms with Gasteiger partial charge >= 0.3 is 5.97 Å². The molecule has 0 heterocycles. The average molecular weight is 199 g/mol. The van der Waals surface area contributed by atoms with Gasteiger partial charge in [0.05, 0.1) is 6.42 Å². The van der Waals surface area contributed by atoms with E-state index in [1.54, 1.807) is 0 Å². The van der Waals surface area contributed by atoms with Crippen molar-refractivity contribution in [2.75, 3.05) is 14.1 Å². The number of rotatable bonds is 3. The lowest BCUT2D eigenvalue weighted by molar-refractivity contribution is -0.140. The third kappa shape index (κ3) is 2.71. The second kappa shape index (κ2) is 4.78. The SMILES string of the molecule is CN(C)C1(CC(=O)O)CCCCCC1. The Morgan fingerprint density at radius 3 is 2.07 bits per heavy atom. The van der Waals surface area contributed by atoms with E-state index in [0.29, 0.717) is 6.42 Å². The van der Waals surface area contributed by atoms with Crippen molar-refractivity contribution in [2.45, 2.75) is 50.5 Å². The Bertz CT molecular complexity index is 193. The fourth-order valence-corrected chi connectivity index (χ4v) is 2.45. The van der Waals surface area contributed by atoms with E-state index in [0.717, 1.165) is 12.8 Å². The second-order valence-corrected chi connectivity index (χ2v) is 4.60. The average Bonchev–Trinajstić information content (AvgIpc) is 2.29. The first-order valence-electron chi connectivity index (χ1n) is 5.46. The van der Waals surface area contributed by atoms with Crippen LogP contribution in [0.1, 0.15) is 44.9 Å². The van der Waals surface area contributed by atoms with Crippen LogP contribution in [0.3, 0.4) is 0 Å². The van der Waals surface area contributed by atoms with Gasteiger partial charge in [0.25, 0.3) is 0 Å². The van der Waals surface area contributed by atoms with Crippen molar-refractivity contribution in [3.05, 3.63) is 0 Å². The van der Waals surface area contributed by atoms with Gasteiger partial charge in [0.2, 0.25) is 0 Å². The van der Waals surface area contributed by atoms with E-state index >= 15 is 0 Å². The molecule has 1 rings (SSSR count). The Hall–Kier alpha value is -0.570. The molecule has 3 nitrogen and oxygen atoms in total. The van der Waals surface area contributed by atoms with Crippen LogP contribution in [-0.4, -0.2) is 35.6 Å². The molecule has 0 saturated heterocycles. The van der Waals surface area contributed by atoms with Crippen LogP contribution >= 0.6 is 0 Å². The Morgan fingerprint density at radius 1 is 1.21 bits per heavy atom. The van der Waals surface area contributed by atoms with Crippen LogP contribution in [0, 0.1) is 0 Å². The highest BCUT2D eigenvalue weighted by molar-refractivity contribution is 5.68. The number of carboxylic acid groups (broad SMARTS) is 1. The van der Waals surface area contributed by atoms with Crippen LogP contribution in [0.5, 0.6) is 0 Å². The predicted molar refractivity (Wildman–Crippen MR) is 56.4 cm³/mol. The lowest BCUT2D eigenvalue weighted by atomic mass is 9.85. The molecule has 14 heavy (non-hydrogen) atoms. The van der Waals surface area contributed by atoms with E-state index in [4.69, 9.17) is 5.11 Å². The van der Waals surface area contributed by atoms with Crippen molar-refractivity contribution in [1.29, 1.82) is 0 Å². The molecule has 0 atom stereocenters. The molecule has 1 aliphatic rings. The molecule has 0 aromatic heterocycles. The molecule has 0 radical (unpaired) electrons. The highest BCUT2D eigenvalue weighted by atomic mass is 16.4. The summed E-state index contributed by atoms with van der Waals surface area (Å²) in [4.78, 5) is 13.0. The number of hydrogen-bond donors (Lipinski definition) is 1. The van der Waals surface area contributed by atoms with Crippen LogP contribution in [0.15, 0.2) is 0 Å². The standard InChI is InChI=1S/C11H21NO2/c1-12(2)11(9-10(13)14)7-5-3-4-6-8-11/h3-9H2,1-2H3,(H,13,14). The maximum atomic E-state index is 10.9. The van der Waals surface area contributed by atoms with Crippen molar-refractivity contribution in [1.82, 2.24) is 4.90 Å². The lowest BCUT2D eigenvalue weighted by Gasteiger charge is -2.38. The third-order valence-corrected chi connectivity index (χ3v) is 3.46. The summed E-state index contributed by atoms with van der Waals surface area (Å²) in [6.07, 6.45) is 7.22. The number of nitrogens with zero attached hydrogens (tertiary/aromatic N) is 1. The molecule has 0 amide bonds. The topological polar surface area (TPSA) is 40.5 Å². The van der Waals surface area contributed by atoms with Gasteiger partial charge in [-0.2, -0.15) is 0 Å². The van der Waals surface area contributed by atoms with Gasteiger partial charge in [-0.05, 0) is 26.9 Å². The third-order valence-electron chi connectivity index (χ3n) is 3.46. The molecule has 0 bridgehead atoms. The van der Waals surface area contributed by atoms with Crippen molar-refractivity contribution in [3.63, 3.8) is 0 Å². The molecule has 1 fully saturated rings. The molecule has 0 aliphatic heterocycles. The maximum absolute atomic E-state index is 10.9. The van der Waals surface area contributed by atoms with Crippen LogP contribution < -0.4 is 0 Å². The molecule has 1 aliphatic carbocycles. The fourth-order valence-electron chi connectivity index (χ4n) is 2.45. The highest BCUT2D eigenvalue weighted by Crippen LogP contribution is 2.33. The van der Waals surface area contributed by atoms with Gasteiger partial charge in [0, 0.05) is 5.54 Å². The van der Waals surface area contributed by atoms with Crippen LogP contribution in [0.25, 0.3) is 0 Å². The monoisotopic (exact) mass is 199 g/mol. The molecular formula is C11H21NO2. The summed E-state index contributed by atoms with van der Waals surface area (Å²) in [7, 11) is 4.02. The Labute approximate surface area is 86.1 Å². The lowest BCUT2D eigenvalue weighted by Crippen LogP contribution is -2.45. The van der Waals surface area contributed by atoms with Crippen molar-refractivity contribution < 1.29 is 9.90 Å². The van der Waals surface area contributed by atoms with Gasteiger partial charge in [-0.3, -0.25) is 4.79 Å². The second-order valence-electron chi connectivity index (χ2n) is 4.60. The summed E-state index contributed by atoms with van der Waals surface area (Å²) in [5.41, 5.74) is -0.0810. The quantitative estimate of drug-likeness (QED) is 0.708. The summed E-state index contributed by atoms with van der Waals surface area (Å²) in [6, 6.07) is 0. The summed E-state index contributed by atoms with van der Waals surface area (Å²) in [5.74, 6) is -0.666. The number of carboxylic acids is 1. The summed E-state index contributed by atoms with van der Waals surface area (Å²) < 4.78 is 0. The Morgan fingerprint density at radius 2 is 1.71 bits per heavy atom. The fraction of sp³-hybridized carbons (Fsp3) is 0.909. The van der Waals surface area contributed by atoms with E-state index < -0.39 is 5.97 Å². The van der Waals surface area contributed by atoms with Crippen molar-refractivity contribution >= 4 is 5.97 Å². The molecule has 0 aromatic rings. The zero-order valence-corrected chi connectivity index (χ0v) is 9.25. The van der Waals surface area contributed by atoms with Gasteiger partial charge < -0.3 is 10.0 Å². The molecule has 1 N–H and O–H groups in total. The minimum atomic E-state index is -0.666. The molecule has 0 aromatic carbocycles. The molecule has 82 valence electrons. The van der Waals surface area contributed by atoms with Crippen molar-refractivity contribution in [2.24, 2.45) is 0 Å². The molecular weight excluding hydrogens is 178 g/mol. The van der Waals surface area contributed by atoms with Gasteiger partial charge in [0.1, 0.15) is 0 Å². The highest BCUT2D eigenvalue weighted by Gasteiger charge is 2.35. The summed E-state index contributed by atoms with van der Waals surface area (Å²) in [6.45, 7) is 0. The number of carbonyl (C=O) groups is 1. The first-order chi connectivity index (χ1) is 6.57. The van der Waals surface area contributed by atoms with E-state index in [1.165, 1.54) is 25.7 Å². The van der Waals surface area contributed by atoms with Crippen LogP contribution in [0.4, 0.5) is 0 Å². The first kappa shape index (κ1) is 11.5. The Kier molecular flexibility index (Phi) is 3.93. The van der Waals surface area contributed by atoms with E-state index in [2.05, 4.69) is 4.90 Å². The minimum Gasteiger partial charge on any atom is -0.481 e. The predicted octanol–water partition coefficient (Wildman–Crippen LogP) is 2.12. The van der Waals surface area contributed by atoms with Crippen LogP contribution in [0.2, 0.25) is 0 Å². The van der Waals surface area contributed by atoms with Gasteiger partial charge in [-0.1, -0.05) is 25.7 Å². The summed E-state index contributed by atoms with van der Waals surface area (Å²) in [5, 5.41) is 8.94. The maximum Gasteiger partial charge on any atom is 0.305 e. The molecule has 3 heteroatoms. The zero-order chi connectivity index (χ0) is 10.6. The van der Waals surface area contributed by atoms with E-state index in [9.17, 15) is 4.79 Å². The minimum absolute atomic E-state index is 0.0810. The zero-order valence-electron chi connectivity index (χ0n) is 9.25. The number of hydrogen-bond acceptors (Lipinski definition) is 2. The summed E-state index contributed by atoms with van der Waals surface area (Å²) >= 11 is 0. The van der Waals surface area contributed by atoms with Gasteiger partial charge in [-0.25, -0.2) is 0 Å². The smallest absolute Gasteiger partial charge is 0.305 e. The van der Waals surface area contributed by atoms with E-state index in [1.807, 2.05) is 14.1 Å². The van der Waals surface area contributed by atoms with E-state index in [-0.39, 0.29) is 5.54 Å². The first-order valence-corrected chi connectivity index (χ1v) is 5.46. The largest absolute Gasteiger partial charge is 0.481 e.